The summed E-state index contributed by atoms with van der Waals surface area (Å²) in [6.45, 7) is 3.84. The first kappa shape index (κ1) is 21.0. The molecule has 5 nitrogen and oxygen atoms in total. The molecule has 1 aliphatic rings. The van der Waals surface area contributed by atoms with Crippen LogP contribution in [0.15, 0.2) is 60.2 Å². The molecular formula is C23H17ClFN3O2S. The smallest absolute Gasteiger partial charge is 0.270 e. The molecule has 2 amide bonds. The van der Waals surface area contributed by atoms with Gasteiger partial charge in [0.2, 0.25) is 0 Å². The summed E-state index contributed by atoms with van der Waals surface area (Å²) >= 11 is 11.2. The molecule has 0 spiro atoms. The number of aromatic nitrogens is 1. The van der Waals surface area contributed by atoms with Crippen LogP contribution in [0.2, 0.25) is 5.02 Å². The largest absolute Gasteiger partial charge is 0.318 e. The van der Waals surface area contributed by atoms with E-state index in [-0.39, 0.29) is 10.7 Å². The van der Waals surface area contributed by atoms with E-state index in [9.17, 15) is 14.0 Å². The van der Waals surface area contributed by atoms with E-state index in [0.29, 0.717) is 10.7 Å². The van der Waals surface area contributed by atoms with Crippen LogP contribution in [0.25, 0.3) is 11.8 Å². The van der Waals surface area contributed by atoms with Gasteiger partial charge in [-0.2, -0.15) is 0 Å². The van der Waals surface area contributed by atoms with Gasteiger partial charge in [-0.15, -0.1) is 0 Å². The molecule has 1 aromatic heterocycles. The first-order valence-electron chi connectivity index (χ1n) is 9.38. The number of amides is 2. The molecular weight excluding hydrogens is 437 g/mol. The molecule has 3 aromatic rings. The van der Waals surface area contributed by atoms with Crippen molar-refractivity contribution in [2.75, 3.05) is 4.90 Å². The monoisotopic (exact) mass is 453 g/mol. The Hall–Kier alpha value is -3.29. The highest BCUT2D eigenvalue weighted by Gasteiger charge is 2.34. The maximum Gasteiger partial charge on any atom is 0.270 e. The van der Waals surface area contributed by atoms with E-state index in [1.807, 2.05) is 36.6 Å². The normalized spacial score (nSPS) is 15.5. The molecule has 0 aliphatic carbocycles. The van der Waals surface area contributed by atoms with Crippen LogP contribution in [0.1, 0.15) is 17.0 Å². The molecule has 1 fully saturated rings. The minimum atomic E-state index is -0.579. The fourth-order valence-corrected chi connectivity index (χ4v) is 3.97. The molecule has 0 bridgehead atoms. The Morgan fingerprint density at radius 2 is 1.61 bits per heavy atom. The van der Waals surface area contributed by atoms with Crippen LogP contribution in [0.3, 0.4) is 0 Å². The molecule has 31 heavy (non-hydrogen) atoms. The second-order valence-electron chi connectivity index (χ2n) is 7.07. The average molecular weight is 454 g/mol. The Balaban J connectivity index is 1.75. The molecule has 1 N–H and O–H groups in total. The summed E-state index contributed by atoms with van der Waals surface area (Å²) in [4.78, 5) is 26.9. The molecule has 4 rings (SSSR count). The van der Waals surface area contributed by atoms with Crippen molar-refractivity contribution in [3.05, 3.63) is 88.0 Å². The van der Waals surface area contributed by atoms with Crippen molar-refractivity contribution in [2.24, 2.45) is 0 Å². The van der Waals surface area contributed by atoms with Crippen LogP contribution in [0.4, 0.5) is 10.1 Å². The summed E-state index contributed by atoms with van der Waals surface area (Å²) in [7, 11) is 0. The molecule has 1 aliphatic heterocycles. The minimum absolute atomic E-state index is 0.0506. The number of hydrogen-bond acceptors (Lipinski definition) is 3. The highest BCUT2D eigenvalue weighted by Crippen LogP contribution is 2.26. The fraction of sp³-hybridized carbons (Fsp3) is 0.0870. The van der Waals surface area contributed by atoms with Gasteiger partial charge in [0.15, 0.2) is 5.11 Å². The van der Waals surface area contributed by atoms with Crippen molar-refractivity contribution in [3.8, 4) is 5.69 Å². The number of rotatable bonds is 3. The topological polar surface area (TPSA) is 54.3 Å². The molecule has 1 saturated heterocycles. The van der Waals surface area contributed by atoms with Gasteiger partial charge in [0.25, 0.3) is 11.8 Å². The van der Waals surface area contributed by atoms with Gasteiger partial charge in [-0.3, -0.25) is 19.8 Å². The molecule has 0 saturated carbocycles. The van der Waals surface area contributed by atoms with Gasteiger partial charge in [0.05, 0.1) is 5.69 Å². The fourth-order valence-electron chi connectivity index (χ4n) is 3.56. The highest BCUT2D eigenvalue weighted by molar-refractivity contribution is 7.80. The van der Waals surface area contributed by atoms with Crippen LogP contribution in [0, 0.1) is 19.7 Å². The van der Waals surface area contributed by atoms with E-state index in [4.69, 9.17) is 23.8 Å². The van der Waals surface area contributed by atoms with Crippen LogP contribution in [-0.4, -0.2) is 21.5 Å². The Bertz CT molecular complexity index is 1250. The van der Waals surface area contributed by atoms with Crippen LogP contribution >= 0.6 is 23.8 Å². The van der Waals surface area contributed by atoms with Crippen molar-refractivity contribution >= 4 is 52.5 Å². The SMILES string of the molecule is Cc1cc(/C=C2/C(=O)NC(=S)N(c3ccc(F)cc3)C2=O)c(C)n1-c1ccc(Cl)cc1. The zero-order chi connectivity index (χ0) is 22.3. The summed E-state index contributed by atoms with van der Waals surface area (Å²) in [5.41, 5.74) is 3.73. The maximum absolute atomic E-state index is 13.3. The third-order valence-electron chi connectivity index (χ3n) is 5.04. The van der Waals surface area contributed by atoms with Crippen LogP contribution in [-0.2, 0) is 9.59 Å². The Labute approximate surface area is 188 Å². The quantitative estimate of drug-likeness (QED) is 0.355. The molecule has 0 radical (unpaired) electrons. The highest BCUT2D eigenvalue weighted by atomic mass is 35.5. The van der Waals surface area contributed by atoms with Crippen LogP contribution < -0.4 is 10.2 Å². The van der Waals surface area contributed by atoms with Gasteiger partial charge in [-0.1, -0.05) is 11.6 Å². The molecule has 2 aromatic carbocycles. The summed E-state index contributed by atoms with van der Waals surface area (Å²) < 4.78 is 15.3. The predicted molar refractivity (Wildman–Crippen MR) is 123 cm³/mol. The number of thiocarbonyl (C=S) groups is 1. The summed E-state index contributed by atoms with van der Waals surface area (Å²) in [6.07, 6.45) is 1.55. The van der Waals surface area contributed by atoms with Gasteiger partial charge in [-0.25, -0.2) is 4.39 Å². The minimum Gasteiger partial charge on any atom is -0.318 e. The van der Waals surface area contributed by atoms with E-state index in [0.717, 1.165) is 22.6 Å². The Morgan fingerprint density at radius 1 is 1.00 bits per heavy atom. The summed E-state index contributed by atoms with van der Waals surface area (Å²) in [6, 6.07) is 14.6. The summed E-state index contributed by atoms with van der Waals surface area (Å²) in [5.74, 6) is -1.59. The Morgan fingerprint density at radius 3 is 2.26 bits per heavy atom. The lowest BCUT2D eigenvalue weighted by atomic mass is 10.1. The first-order valence-corrected chi connectivity index (χ1v) is 10.2. The number of carbonyl (C=O) groups excluding carboxylic acids is 2. The standard InChI is InChI=1S/C23H17ClFN3O2S/c1-13-11-15(14(2)27(13)18-7-3-16(24)4-8-18)12-20-21(29)26-23(31)28(22(20)30)19-9-5-17(25)6-10-19/h3-12H,1-2H3,(H,26,29,31)/b20-12-. The number of halogens is 2. The van der Waals surface area contributed by atoms with E-state index >= 15 is 0 Å². The molecule has 0 unspecified atom stereocenters. The molecule has 156 valence electrons. The van der Waals surface area contributed by atoms with Crippen LogP contribution in [0.5, 0.6) is 0 Å². The first-order chi connectivity index (χ1) is 14.8. The lowest BCUT2D eigenvalue weighted by Gasteiger charge is -2.28. The number of hydrogen-bond donors (Lipinski definition) is 1. The summed E-state index contributed by atoms with van der Waals surface area (Å²) in [5, 5.41) is 3.12. The average Bonchev–Trinajstić information content (AvgIpc) is 3.00. The third kappa shape index (κ3) is 3.89. The van der Waals surface area contributed by atoms with Gasteiger partial charge >= 0.3 is 0 Å². The van der Waals surface area contributed by atoms with E-state index < -0.39 is 17.6 Å². The maximum atomic E-state index is 13.3. The van der Waals surface area contributed by atoms with Crippen molar-refractivity contribution in [1.82, 2.24) is 9.88 Å². The van der Waals surface area contributed by atoms with E-state index in [1.165, 1.54) is 29.2 Å². The zero-order valence-corrected chi connectivity index (χ0v) is 18.2. The number of carbonyl (C=O) groups is 2. The van der Waals surface area contributed by atoms with Crippen molar-refractivity contribution in [3.63, 3.8) is 0 Å². The van der Waals surface area contributed by atoms with Crippen molar-refractivity contribution < 1.29 is 14.0 Å². The number of nitrogens with zero attached hydrogens (tertiary/aromatic N) is 2. The van der Waals surface area contributed by atoms with E-state index in [1.54, 1.807) is 18.2 Å². The third-order valence-corrected chi connectivity index (χ3v) is 5.58. The van der Waals surface area contributed by atoms with Crippen molar-refractivity contribution in [2.45, 2.75) is 13.8 Å². The molecule has 8 heteroatoms. The van der Waals surface area contributed by atoms with Crippen molar-refractivity contribution in [1.29, 1.82) is 0 Å². The number of nitrogens with one attached hydrogen (secondary N) is 1. The predicted octanol–water partition coefficient (Wildman–Crippen LogP) is 4.72. The number of benzene rings is 2. The van der Waals surface area contributed by atoms with Gasteiger partial charge < -0.3 is 4.57 Å². The Kier molecular flexibility index (Phi) is 5.47. The lowest BCUT2D eigenvalue weighted by Crippen LogP contribution is -2.54. The lowest BCUT2D eigenvalue weighted by molar-refractivity contribution is -0.122. The van der Waals surface area contributed by atoms with E-state index in [2.05, 4.69) is 5.32 Å². The van der Waals surface area contributed by atoms with Gasteiger partial charge in [0, 0.05) is 22.1 Å². The van der Waals surface area contributed by atoms with Gasteiger partial charge in [-0.05, 0) is 92.3 Å². The second kappa shape index (κ2) is 8.09. The second-order valence-corrected chi connectivity index (χ2v) is 7.90. The zero-order valence-electron chi connectivity index (χ0n) is 16.6. The molecule has 2 heterocycles. The molecule has 0 atom stereocenters. The number of anilines is 1. The van der Waals surface area contributed by atoms with Gasteiger partial charge in [0.1, 0.15) is 11.4 Å². The number of aryl methyl sites for hydroxylation is 1.